The summed E-state index contributed by atoms with van der Waals surface area (Å²) >= 11 is 4.10. The van der Waals surface area contributed by atoms with Crippen molar-refractivity contribution in [3.05, 3.63) is 60.2 Å². The van der Waals surface area contributed by atoms with Gasteiger partial charge in [-0.1, -0.05) is 12.1 Å². The van der Waals surface area contributed by atoms with E-state index in [1.54, 1.807) is 36.4 Å². The van der Waals surface area contributed by atoms with E-state index in [9.17, 15) is 14.7 Å². The Morgan fingerprint density at radius 2 is 1.82 bits per heavy atom. The lowest BCUT2D eigenvalue weighted by molar-refractivity contribution is -0.130. The molecule has 3 rings (SSSR count). The van der Waals surface area contributed by atoms with Gasteiger partial charge in [0.15, 0.2) is 0 Å². The summed E-state index contributed by atoms with van der Waals surface area (Å²) in [5, 5.41) is 10.1. The van der Waals surface area contributed by atoms with Crippen LogP contribution in [0.4, 0.5) is 0 Å². The Kier molecular flexibility index (Phi) is 4.22. The summed E-state index contributed by atoms with van der Waals surface area (Å²) in [5.41, 5.74) is 0.663. The van der Waals surface area contributed by atoms with Gasteiger partial charge in [-0.15, -0.1) is 0 Å². The van der Waals surface area contributed by atoms with E-state index in [1.165, 1.54) is 6.08 Å². The van der Waals surface area contributed by atoms with Crippen LogP contribution in [-0.2, 0) is 4.79 Å². The first-order chi connectivity index (χ1) is 10.5. The zero-order valence-corrected chi connectivity index (χ0v) is 15.3. The van der Waals surface area contributed by atoms with Crippen molar-refractivity contribution in [2.24, 2.45) is 0 Å². The highest BCUT2D eigenvalue weighted by molar-refractivity contribution is 14.1. The van der Waals surface area contributed by atoms with Gasteiger partial charge in [-0.25, -0.2) is 4.79 Å². The highest BCUT2D eigenvalue weighted by Crippen LogP contribution is 2.32. The van der Waals surface area contributed by atoms with Crippen molar-refractivity contribution < 1.29 is 19.4 Å². The molecule has 0 aliphatic carbocycles. The topological polar surface area (TPSA) is 63.6 Å². The second-order valence-corrected chi connectivity index (χ2v) is 7.01. The smallest absolute Gasteiger partial charge is 0.347 e. The number of phenols is 1. The molecule has 110 valence electrons. The Bertz CT molecular complexity index is 840. The lowest BCUT2D eigenvalue weighted by Gasteiger charge is -2.16. The summed E-state index contributed by atoms with van der Waals surface area (Å²) in [4.78, 5) is 24.5. The van der Waals surface area contributed by atoms with Crippen LogP contribution in [-0.4, -0.2) is 16.9 Å². The molecule has 6 heteroatoms. The Labute approximate surface area is 153 Å². The first kappa shape index (κ1) is 15.5. The summed E-state index contributed by atoms with van der Waals surface area (Å²) in [6.07, 6.45) is 1.38. The molecule has 2 aromatic rings. The minimum Gasteiger partial charge on any atom is -0.506 e. The number of fused-ring (bicyclic) bond motifs is 1. The molecule has 1 aliphatic heterocycles. The molecule has 0 unspecified atom stereocenters. The predicted octanol–water partition coefficient (Wildman–Crippen LogP) is 3.79. The van der Waals surface area contributed by atoms with Crippen LogP contribution < -0.4 is 4.74 Å². The SMILES string of the molecule is O=C1Oc2ccccc2C(=O)/C1=C/c1cc(I)cc(I)c1O. The molecule has 22 heavy (non-hydrogen) atoms. The van der Waals surface area contributed by atoms with E-state index in [2.05, 4.69) is 22.6 Å². The number of ketones is 1. The second kappa shape index (κ2) is 5.99. The van der Waals surface area contributed by atoms with Gasteiger partial charge in [0.25, 0.3) is 0 Å². The number of ether oxygens (including phenoxy) is 1. The molecule has 2 aromatic carbocycles. The second-order valence-electron chi connectivity index (χ2n) is 4.60. The highest BCUT2D eigenvalue weighted by atomic mass is 127. The van der Waals surface area contributed by atoms with Crippen LogP contribution in [0.2, 0.25) is 0 Å². The number of esters is 1. The van der Waals surface area contributed by atoms with E-state index in [0.29, 0.717) is 14.7 Å². The zero-order chi connectivity index (χ0) is 15.9. The Balaban J connectivity index is 2.13. The number of Topliss-reactive ketones (excluding diaryl/α,β-unsaturated/α-hetero) is 1. The van der Waals surface area contributed by atoms with E-state index in [-0.39, 0.29) is 17.1 Å². The third-order valence-electron chi connectivity index (χ3n) is 3.16. The van der Waals surface area contributed by atoms with E-state index >= 15 is 0 Å². The molecular formula is C16H8I2O4. The van der Waals surface area contributed by atoms with Crippen LogP contribution in [0.1, 0.15) is 15.9 Å². The number of rotatable bonds is 1. The molecule has 0 amide bonds. The third-order valence-corrected chi connectivity index (χ3v) is 4.60. The highest BCUT2D eigenvalue weighted by Gasteiger charge is 2.30. The maximum absolute atomic E-state index is 12.5. The van der Waals surface area contributed by atoms with Crippen LogP contribution in [0.5, 0.6) is 11.5 Å². The molecule has 0 radical (unpaired) electrons. The van der Waals surface area contributed by atoms with Crippen molar-refractivity contribution in [1.29, 1.82) is 0 Å². The van der Waals surface area contributed by atoms with Gasteiger partial charge in [0.1, 0.15) is 17.1 Å². The van der Waals surface area contributed by atoms with Gasteiger partial charge in [0, 0.05) is 9.13 Å². The quantitative estimate of drug-likeness (QED) is 0.205. The van der Waals surface area contributed by atoms with Crippen molar-refractivity contribution in [2.45, 2.75) is 0 Å². The molecule has 1 aliphatic rings. The number of benzene rings is 2. The first-order valence-corrected chi connectivity index (χ1v) is 8.38. The first-order valence-electron chi connectivity index (χ1n) is 6.23. The van der Waals surface area contributed by atoms with Crippen molar-refractivity contribution >= 4 is 63.0 Å². The standard InChI is InChI=1S/C16H8I2O4/c17-9-5-8(14(19)12(18)7-9)6-11-15(20)10-3-1-2-4-13(10)22-16(11)21/h1-7,19H/b11-6-. The number of aromatic hydroxyl groups is 1. The van der Waals surface area contributed by atoms with E-state index in [1.807, 2.05) is 22.6 Å². The molecule has 0 atom stereocenters. The average molecular weight is 518 g/mol. The molecule has 1 heterocycles. The molecular weight excluding hydrogens is 510 g/mol. The fourth-order valence-electron chi connectivity index (χ4n) is 2.11. The van der Waals surface area contributed by atoms with Gasteiger partial charge in [-0.05, 0) is 75.5 Å². The maximum Gasteiger partial charge on any atom is 0.347 e. The van der Waals surface area contributed by atoms with Gasteiger partial charge in [0.05, 0.1) is 9.13 Å². The van der Waals surface area contributed by atoms with Crippen LogP contribution in [0.3, 0.4) is 0 Å². The van der Waals surface area contributed by atoms with E-state index < -0.39 is 11.8 Å². The Morgan fingerprint density at radius 3 is 2.59 bits per heavy atom. The molecule has 0 spiro atoms. The monoisotopic (exact) mass is 518 g/mol. The summed E-state index contributed by atoms with van der Waals surface area (Å²) in [7, 11) is 0. The molecule has 0 saturated carbocycles. The van der Waals surface area contributed by atoms with Crippen molar-refractivity contribution in [3.8, 4) is 11.5 Å². The van der Waals surface area contributed by atoms with Gasteiger partial charge < -0.3 is 9.84 Å². The number of halogens is 2. The fraction of sp³-hybridized carbons (Fsp3) is 0. The number of hydrogen-bond donors (Lipinski definition) is 1. The van der Waals surface area contributed by atoms with Crippen LogP contribution in [0.15, 0.2) is 42.0 Å². The number of hydrogen-bond acceptors (Lipinski definition) is 4. The number of carbonyl (C=O) groups is 2. The summed E-state index contributed by atoms with van der Waals surface area (Å²) in [5.74, 6) is -0.818. The molecule has 0 aromatic heterocycles. The van der Waals surface area contributed by atoms with Gasteiger partial charge in [-0.3, -0.25) is 4.79 Å². The van der Waals surface area contributed by atoms with Crippen LogP contribution >= 0.6 is 45.2 Å². The van der Waals surface area contributed by atoms with Gasteiger partial charge >= 0.3 is 5.97 Å². The molecule has 0 bridgehead atoms. The van der Waals surface area contributed by atoms with E-state index in [0.717, 1.165) is 3.57 Å². The molecule has 0 saturated heterocycles. The average Bonchev–Trinajstić information content (AvgIpc) is 2.48. The van der Waals surface area contributed by atoms with Crippen molar-refractivity contribution in [3.63, 3.8) is 0 Å². The minimum absolute atomic E-state index is 0.0352. The van der Waals surface area contributed by atoms with Crippen LogP contribution in [0, 0.1) is 7.14 Å². The maximum atomic E-state index is 12.5. The van der Waals surface area contributed by atoms with Crippen molar-refractivity contribution in [1.82, 2.24) is 0 Å². The Hall–Kier alpha value is -1.42. The third kappa shape index (κ3) is 2.76. The van der Waals surface area contributed by atoms with Crippen molar-refractivity contribution in [2.75, 3.05) is 0 Å². The lowest BCUT2D eigenvalue weighted by Crippen LogP contribution is -2.24. The number of carbonyl (C=O) groups excluding carboxylic acids is 2. The lowest BCUT2D eigenvalue weighted by atomic mass is 9.98. The predicted molar refractivity (Wildman–Crippen MR) is 97.9 cm³/mol. The minimum atomic E-state index is -0.711. The summed E-state index contributed by atoms with van der Waals surface area (Å²) in [6, 6.07) is 10.1. The molecule has 4 nitrogen and oxygen atoms in total. The fourth-order valence-corrected chi connectivity index (χ4v) is 4.00. The van der Waals surface area contributed by atoms with Gasteiger partial charge in [-0.2, -0.15) is 0 Å². The molecule has 0 fully saturated rings. The number of phenolic OH excluding ortho intramolecular Hbond substituents is 1. The largest absolute Gasteiger partial charge is 0.506 e. The van der Waals surface area contributed by atoms with E-state index in [4.69, 9.17) is 4.74 Å². The normalized spacial score (nSPS) is 15.6. The van der Waals surface area contributed by atoms with Gasteiger partial charge in [0.2, 0.25) is 5.78 Å². The van der Waals surface area contributed by atoms with Crippen LogP contribution in [0.25, 0.3) is 6.08 Å². The zero-order valence-electron chi connectivity index (χ0n) is 11.0. The molecule has 1 N–H and O–H groups in total. The number of para-hydroxylation sites is 1. The Morgan fingerprint density at radius 1 is 1.09 bits per heavy atom. The summed E-state index contributed by atoms with van der Waals surface area (Å²) in [6.45, 7) is 0. The summed E-state index contributed by atoms with van der Waals surface area (Å²) < 4.78 is 6.71.